The fourth-order valence-corrected chi connectivity index (χ4v) is 3.80. The normalized spacial score (nSPS) is 10.8. The predicted octanol–water partition coefficient (Wildman–Crippen LogP) is 4.15. The number of carbonyl (C=O) groups is 3. The molecular weight excluding hydrogens is 346 g/mol. The largest absolute Gasteiger partial charge is 0.462 e. The summed E-state index contributed by atoms with van der Waals surface area (Å²) in [4.78, 5) is 37.4. The van der Waals surface area contributed by atoms with Crippen molar-refractivity contribution >= 4 is 51.4 Å². The molecule has 0 bridgehead atoms. The van der Waals surface area contributed by atoms with Crippen LogP contribution in [0.3, 0.4) is 0 Å². The molecule has 126 valence electrons. The van der Waals surface area contributed by atoms with E-state index in [1.807, 2.05) is 17.5 Å². The van der Waals surface area contributed by atoms with E-state index < -0.39 is 5.97 Å². The van der Waals surface area contributed by atoms with Crippen LogP contribution in [0.25, 0.3) is 6.08 Å². The van der Waals surface area contributed by atoms with Gasteiger partial charge in [0.1, 0.15) is 5.00 Å². The summed E-state index contributed by atoms with van der Waals surface area (Å²) in [6.07, 6.45) is 3.08. The Bertz CT molecular complexity index is 788. The van der Waals surface area contributed by atoms with E-state index in [9.17, 15) is 14.4 Å². The summed E-state index contributed by atoms with van der Waals surface area (Å²) in [6.45, 7) is 5.02. The van der Waals surface area contributed by atoms with Crippen LogP contribution in [0.15, 0.2) is 23.6 Å². The Kier molecular flexibility index (Phi) is 6.05. The van der Waals surface area contributed by atoms with Crippen LogP contribution in [-0.2, 0) is 9.53 Å². The molecule has 0 saturated carbocycles. The summed E-state index contributed by atoms with van der Waals surface area (Å²) in [5, 5.41) is 4.92. The van der Waals surface area contributed by atoms with E-state index in [-0.39, 0.29) is 23.9 Å². The highest BCUT2D eigenvalue weighted by Crippen LogP contribution is 2.34. The second kappa shape index (κ2) is 8.03. The lowest BCUT2D eigenvalue weighted by Crippen LogP contribution is -2.12. The van der Waals surface area contributed by atoms with Crippen molar-refractivity contribution in [2.75, 3.05) is 11.9 Å². The van der Waals surface area contributed by atoms with Crippen molar-refractivity contribution in [1.82, 2.24) is 0 Å². The van der Waals surface area contributed by atoms with Crippen LogP contribution in [0.2, 0.25) is 0 Å². The van der Waals surface area contributed by atoms with Gasteiger partial charge in [-0.05, 0) is 43.9 Å². The minimum atomic E-state index is -0.545. The number of esters is 1. The summed E-state index contributed by atoms with van der Waals surface area (Å²) in [5.41, 5.74) is 0.772. The van der Waals surface area contributed by atoms with Gasteiger partial charge in [-0.1, -0.05) is 6.07 Å². The first kappa shape index (κ1) is 18.1. The molecule has 0 radical (unpaired) electrons. The molecule has 0 fully saturated rings. The zero-order valence-electron chi connectivity index (χ0n) is 13.5. The first-order chi connectivity index (χ1) is 11.4. The van der Waals surface area contributed by atoms with Gasteiger partial charge in [0.15, 0.2) is 5.78 Å². The van der Waals surface area contributed by atoms with Crippen molar-refractivity contribution in [3.63, 3.8) is 0 Å². The third kappa shape index (κ3) is 4.18. The smallest absolute Gasteiger partial charge is 0.341 e. The maximum absolute atomic E-state index is 12.2. The minimum Gasteiger partial charge on any atom is -0.462 e. The van der Waals surface area contributed by atoms with Gasteiger partial charge in [0.25, 0.3) is 0 Å². The van der Waals surface area contributed by atoms with Crippen LogP contribution < -0.4 is 5.32 Å². The van der Waals surface area contributed by atoms with E-state index in [1.54, 1.807) is 19.9 Å². The molecule has 0 spiro atoms. The number of ketones is 1. The third-order valence-corrected chi connectivity index (χ3v) is 5.27. The molecule has 0 atom stereocenters. The molecule has 2 aromatic rings. The Hall–Kier alpha value is -2.25. The number of amides is 1. The van der Waals surface area contributed by atoms with Crippen LogP contribution in [-0.4, -0.2) is 24.3 Å². The summed E-state index contributed by atoms with van der Waals surface area (Å²) >= 11 is 2.60. The number of nitrogens with one attached hydrogen (secondary N) is 1. The molecule has 0 aliphatic rings. The molecule has 0 aromatic carbocycles. The number of anilines is 1. The predicted molar refractivity (Wildman–Crippen MR) is 97.0 cm³/mol. The van der Waals surface area contributed by atoms with E-state index in [4.69, 9.17) is 4.74 Å². The van der Waals surface area contributed by atoms with Crippen molar-refractivity contribution in [2.45, 2.75) is 20.8 Å². The zero-order valence-corrected chi connectivity index (χ0v) is 15.2. The van der Waals surface area contributed by atoms with Crippen molar-refractivity contribution in [3.05, 3.63) is 44.5 Å². The summed E-state index contributed by atoms with van der Waals surface area (Å²) in [5.74, 6) is -1.07. The molecule has 2 aromatic heterocycles. The molecule has 7 heteroatoms. The van der Waals surface area contributed by atoms with E-state index >= 15 is 0 Å². The Morgan fingerprint density at radius 3 is 2.67 bits per heavy atom. The SMILES string of the molecule is CCOC(=O)c1c(NC(=O)/C=C\c2cccs2)sc(C(C)=O)c1C. The number of thiophene rings is 2. The minimum absolute atomic E-state index is 0.155. The highest BCUT2D eigenvalue weighted by Gasteiger charge is 2.24. The average molecular weight is 363 g/mol. The maximum atomic E-state index is 12.2. The van der Waals surface area contributed by atoms with Crippen LogP contribution in [0, 0.1) is 6.92 Å². The van der Waals surface area contributed by atoms with Crippen LogP contribution >= 0.6 is 22.7 Å². The van der Waals surface area contributed by atoms with Gasteiger partial charge in [-0.15, -0.1) is 22.7 Å². The van der Waals surface area contributed by atoms with Crippen molar-refractivity contribution in [2.24, 2.45) is 0 Å². The fraction of sp³-hybridized carbons (Fsp3) is 0.235. The second-order valence-electron chi connectivity index (χ2n) is 4.87. The highest BCUT2D eigenvalue weighted by molar-refractivity contribution is 7.18. The molecule has 1 amide bonds. The number of carbonyl (C=O) groups excluding carboxylic acids is 3. The standard InChI is InChI=1S/C17H17NO4S2/c1-4-22-17(21)14-10(2)15(11(3)19)24-16(14)18-13(20)8-7-12-6-5-9-23-12/h5-9H,4H2,1-3H3,(H,18,20)/b8-7-. The van der Waals surface area contributed by atoms with Crippen LogP contribution in [0.1, 0.15) is 44.3 Å². The summed E-state index contributed by atoms with van der Waals surface area (Å²) < 4.78 is 5.03. The monoisotopic (exact) mass is 363 g/mol. The van der Waals surface area contributed by atoms with Gasteiger partial charge in [-0.3, -0.25) is 9.59 Å². The highest BCUT2D eigenvalue weighted by atomic mass is 32.1. The lowest BCUT2D eigenvalue weighted by molar-refractivity contribution is -0.111. The molecule has 5 nitrogen and oxygen atoms in total. The quantitative estimate of drug-likeness (QED) is 0.475. The number of ether oxygens (including phenoxy) is 1. The van der Waals surface area contributed by atoms with E-state index in [0.717, 1.165) is 16.2 Å². The van der Waals surface area contributed by atoms with Crippen molar-refractivity contribution in [3.8, 4) is 0 Å². The van der Waals surface area contributed by atoms with Gasteiger partial charge < -0.3 is 10.1 Å². The van der Waals surface area contributed by atoms with Crippen LogP contribution in [0.5, 0.6) is 0 Å². The van der Waals surface area contributed by atoms with Crippen molar-refractivity contribution in [1.29, 1.82) is 0 Å². The molecule has 0 aliphatic heterocycles. The topological polar surface area (TPSA) is 72.5 Å². The Balaban J connectivity index is 2.27. The Labute approximate surface area is 148 Å². The number of rotatable bonds is 6. The van der Waals surface area contributed by atoms with Gasteiger partial charge in [-0.2, -0.15) is 0 Å². The number of hydrogen-bond acceptors (Lipinski definition) is 6. The molecule has 0 unspecified atom stereocenters. The van der Waals surface area contributed by atoms with Gasteiger partial charge >= 0.3 is 5.97 Å². The number of Topliss-reactive ketones (excluding diaryl/α,β-unsaturated/α-hetero) is 1. The first-order valence-corrected chi connectivity index (χ1v) is 8.97. The second-order valence-corrected chi connectivity index (χ2v) is 6.87. The lowest BCUT2D eigenvalue weighted by atomic mass is 10.1. The molecule has 0 aliphatic carbocycles. The molecule has 2 heterocycles. The maximum Gasteiger partial charge on any atom is 0.341 e. The molecule has 0 saturated heterocycles. The van der Waals surface area contributed by atoms with Crippen molar-refractivity contribution < 1.29 is 19.1 Å². The average Bonchev–Trinajstić information content (AvgIpc) is 3.13. The van der Waals surface area contributed by atoms with E-state index in [2.05, 4.69) is 5.32 Å². The Morgan fingerprint density at radius 1 is 1.33 bits per heavy atom. The molecule has 2 rings (SSSR count). The lowest BCUT2D eigenvalue weighted by Gasteiger charge is -2.05. The third-order valence-electron chi connectivity index (χ3n) is 3.12. The molecule has 24 heavy (non-hydrogen) atoms. The van der Waals surface area contributed by atoms with Crippen LogP contribution in [0.4, 0.5) is 5.00 Å². The van der Waals surface area contributed by atoms with Gasteiger partial charge in [0.2, 0.25) is 5.91 Å². The Morgan fingerprint density at radius 2 is 2.08 bits per heavy atom. The molecular formula is C17H17NO4S2. The zero-order chi connectivity index (χ0) is 17.7. The first-order valence-electron chi connectivity index (χ1n) is 7.28. The summed E-state index contributed by atoms with van der Waals surface area (Å²) in [6, 6.07) is 3.78. The van der Waals surface area contributed by atoms with E-state index in [1.165, 1.54) is 24.3 Å². The fourth-order valence-electron chi connectivity index (χ4n) is 2.08. The number of hydrogen-bond donors (Lipinski definition) is 1. The van der Waals surface area contributed by atoms with Gasteiger partial charge in [0.05, 0.1) is 17.0 Å². The molecule has 1 N–H and O–H groups in total. The summed E-state index contributed by atoms with van der Waals surface area (Å²) in [7, 11) is 0. The van der Waals surface area contributed by atoms with E-state index in [0.29, 0.717) is 15.4 Å². The van der Waals surface area contributed by atoms with Gasteiger partial charge in [-0.25, -0.2) is 4.79 Å². The van der Waals surface area contributed by atoms with Gasteiger partial charge in [0, 0.05) is 11.0 Å².